The van der Waals surface area contributed by atoms with E-state index in [1.165, 1.54) is 11.8 Å². The highest BCUT2D eigenvalue weighted by Gasteiger charge is 2.22. The Balaban J connectivity index is 1.76. The fourth-order valence-corrected chi connectivity index (χ4v) is 2.69. The summed E-state index contributed by atoms with van der Waals surface area (Å²) < 4.78 is 0. The number of benzene rings is 1. The van der Waals surface area contributed by atoms with Crippen LogP contribution < -0.4 is 5.32 Å². The predicted molar refractivity (Wildman–Crippen MR) is 78.6 cm³/mol. The molecule has 1 atom stereocenters. The predicted octanol–water partition coefficient (Wildman–Crippen LogP) is 1.98. The highest BCUT2D eigenvalue weighted by molar-refractivity contribution is 5.93. The first kappa shape index (κ1) is 14.2. The summed E-state index contributed by atoms with van der Waals surface area (Å²) in [5.74, 6) is -1.51. The molecule has 3 rings (SSSR count). The van der Waals surface area contributed by atoms with Gasteiger partial charge in [0.25, 0.3) is 5.91 Å². The number of nitrogens with zero attached hydrogens (tertiary/aromatic N) is 2. The third-order valence-corrected chi connectivity index (χ3v) is 3.78. The number of amides is 1. The van der Waals surface area contributed by atoms with E-state index in [1.54, 1.807) is 0 Å². The second-order valence-electron chi connectivity index (χ2n) is 5.21. The van der Waals surface area contributed by atoms with E-state index < -0.39 is 5.97 Å². The lowest BCUT2D eigenvalue weighted by Gasteiger charge is -2.26. The summed E-state index contributed by atoms with van der Waals surface area (Å²) in [5, 5.41) is 11.7. The molecule has 0 aliphatic heterocycles. The molecule has 1 heterocycles. The minimum absolute atomic E-state index is 0.0431. The maximum absolute atomic E-state index is 12.2. The fourth-order valence-electron chi connectivity index (χ4n) is 2.69. The molecule has 0 saturated carbocycles. The summed E-state index contributed by atoms with van der Waals surface area (Å²) in [6, 6.07) is 8.02. The number of carbonyl (C=O) groups is 2. The van der Waals surface area contributed by atoms with Crippen LogP contribution in [0.15, 0.2) is 36.7 Å². The normalized spacial score (nSPS) is 16.6. The van der Waals surface area contributed by atoms with Crippen molar-refractivity contribution in [1.82, 2.24) is 15.3 Å². The van der Waals surface area contributed by atoms with Crippen molar-refractivity contribution in [3.8, 4) is 0 Å². The van der Waals surface area contributed by atoms with Gasteiger partial charge in [0.2, 0.25) is 0 Å². The van der Waals surface area contributed by atoms with Gasteiger partial charge in [0.15, 0.2) is 5.69 Å². The average Bonchev–Trinajstić information content (AvgIpc) is 2.55. The molecular weight excluding hydrogens is 282 g/mol. The molecule has 22 heavy (non-hydrogen) atoms. The van der Waals surface area contributed by atoms with Crippen LogP contribution in [0.4, 0.5) is 0 Å². The minimum Gasteiger partial charge on any atom is -0.476 e. The van der Waals surface area contributed by atoms with Crippen molar-refractivity contribution in [2.75, 3.05) is 0 Å². The number of aromatic carboxylic acids is 1. The third kappa shape index (κ3) is 2.81. The van der Waals surface area contributed by atoms with Crippen LogP contribution >= 0.6 is 0 Å². The zero-order chi connectivity index (χ0) is 15.5. The van der Waals surface area contributed by atoms with Gasteiger partial charge < -0.3 is 10.4 Å². The molecule has 6 heteroatoms. The number of carboxylic acids is 1. The lowest BCUT2D eigenvalue weighted by Crippen LogP contribution is -2.31. The van der Waals surface area contributed by atoms with Crippen molar-refractivity contribution in [1.29, 1.82) is 0 Å². The van der Waals surface area contributed by atoms with Gasteiger partial charge in [0.05, 0.1) is 18.4 Å². The van der Waals surface area contributed by atoms with E-state index in [1.807, 2.05) is 18.2 Å². The van der Waals surface area contributed by atoms with Gasteiger partial charge in [0.1, 0.15) is 5.69 Å². The number of carboxylic acid groups (broad SMARTS) is 1. The second-order valence-corrected chi connectivity index (χ2v) is 5.21. The van der Waals surface area contributed by atoms with Crippen molar-refractivity contribution >= 4 is 11.9 Å². The standard InChI is InChI=1S/C16H15N3O3/c20-15(13-8-18-14(9-17-13)16(21)22)19-12-7-3-5-10-4-1-2-6-11(10)12/h1-2,4,6,8-9,12H,3,5,7H2,(H,19,20)(H,21,22). The Kier molecular flexibility index (Phi) is 3.82. The van der Waals surface area contributed by atoms with Crippen molar-refractivity contribution < 1.29 is 14.7 Å². The van der Waals surface area contributed by atoms with E-state index in [0.717, 1.165) is 31.0 Å². The molecule has 6 nitrogen and oxygen atoms in total. The van der Waals surface area contributed by atoms with Crippen molar-refractivity contribution in [3.63, 3.8) is 0 Å². The molecule has 1 aromatic heterocycles. The van der Waals surface area contributed by atoms with Crippen molar-refractivity contribution in [3.05, 3.63) is 59.2 Å². The number of aromatic nitrogens is 2. The van der Waals surface area contributed by atoms with E-state index in [4.69, 9.17) is 5.11 Å². The second kappa shape index (κ2) is 5.93. The van der Waals surface area contributed by atoms with Crippen LogP contribution in [0, 0.1) is 0 Å². The Morgan fingerprint density at radius 1 is 1.14 bits per heavy atom. The zero-order valence-electron chi connectivity index (χ0n) is 11.8. The number of nitrogens with one attached hydrogen (secondary N) is 1. The molecule has 112 valence electrons. The average molecular weight is 297 g/mol. The Morgan fingerprint density at radius 3 is 2.59 bits per heavy atom. The summed E-state index contributed by atoms with van der Waals surface area (Å²) >= 11 is 0. The molecule has 0 radical (unpaired) electrons. The minimum atomic E-state index is -1.17. The van der Waals surface area contributed by atoms with Gasteiger partial charge in [-0.1, -0.05) is 24.3 Å². The summed E-state index contributed by atoms with van der Waals surface area (Å²) in [6.07, 6.45) is 5.20. The van der Waals surface area contributed by atoms with Gasteiger partial charge >= 0.3 is 5.97 Å². The van der Waals surface area contributed by atoms with Crippen LogP contribution in [0.2, 0.25) is 0 Å². The molecule has 1 aliphatic rings. The van der Waals surface area contributed by atoms with Crippen LogP contribution in [0.3, 0.4) is 0 Å². The molecule has 0 spiro atoms. The van der Waals surface area contributed by atoms with Crippen molar-refractivity contribution in [2.24, 2.45) is 0 Å². The van der Waals surface area contributed by atoms with Gasteiger partial charge in [-0.05, 0) is 30.4 Å². The molecular formula is C16H15N3O3. The van der Waals surface area contributed by atoms with E-state index in [0.29, 0.717) is 0 Å². The lowest BCUT2D eigenvalue weighted by molar-refractivity contribution is 0.0689. The van der Waals surface area contributed by atoms with Crippen LogP contribution in [0.5, 0.6) is 0 Å². The highest BCUT2D eigenvalue weighted by Crippen LogP contribution is 2.29. The van der Waals surface area contributed by atoms with Gasteiger partial charge in [0, 0.05) is 0 Å². The molecule has 2 aromatic rings. The van der Waals surface area contributed by atoms with Crippen molar-refractivity contribution in [2.45, 2.75) is 25.3 Å². The van der Waals surface area contributed by atoms with Gasteiger partial charge in [-0.2, -0.15) is 0 Å². The molecule has 0 saturated heterocycles. The Bertz CT molecular complexity index is 713. The maximum Gasteiger partial charge on any atom is 0.356 e. The first-order valence-corrected chi connectivity index (χ1v) is 7.09. The summed E-state index contributed by atoms with van der Waals surface area (Å²) in [5.41, 5.74) is 2.33. The topological polar surface area (TPSA) is 92.2 Å². The van der Waals surface area contributed by atoms with E-state index >= 15 is 0 Å². The highest BCUT2D eigenvalue weighted by atomic mass is 16.4. The molecule has 1 aliphatic carbocycles. The molecule has 0 fully saturated rings. The molecule has 0 bridgehead atoms. The number of carbonyl (C=O) groups excluding carboxylic acids is 1. The fraction of sp³-hybridized carbons (Fsp3) is 0.250. The van der Waals surface area contributed by atoms with Crippen LogP contribution in [0.25, 0.3) is 0 Å². The van der Waals surface area contributed by atoms with E-state index in [2.05, 4.69) is 21.4 Å². The van der Waals surface area contributed by atoms with E-state index in [9.17, 15) is 9.59 Å². The SMILES string of the molecule is O=C(O)c1cnc(C(=O)NC2CCCc3ccccc32)cn1. The third-order valence-electron chi connectivity index (χ3n) is 3.78. The maximum atomic E-state index is 12.2. The van der Waals surface area contributed by atoms with E-state index in [-0.39, 0.29) is 23.3 Å². The number of rotatable bonds is 3. The number of aryl methyl sites for hydroxylation is 1. The lowest BCUT2D eigenvalue weighted by atomic mass is 9.88. The summed E-state index contributed by atoms with van der Waals surface area (Å²) in [4.78, 5) is 30.6. The van der Waals surface area contributed by atoms with Gasteiger partial charge in [-0.3, -0.25) is 4.79 Å². The monoisotopic (exact) mass is 297 g/mol. The van der Waals surface area contributed by atoms with Crippen LogP contribution in [0.1, 0.15) is 51.0 Å². The number of hydrogen-bond donors (Lipinski definition) is 2. The first-order valence-electron chi connectivity index (χ1n) is 7.09. The molecule has 2 N–H and O–H groups in total. The number of fused-ring (bicyclic) bond motifs is 1. The first-order chi connectivity index (χ1) is 10.6. The number of hydrogen-bond acceptors (Lipinski definition) is 4. The quantitative estimate of drug-likeness (QED) is 0.903. The molecule has 1 aromatic carbocycles. The Labute approximate surface area is 127 Å². The molecule has 1 amide bonds. The Hall–Kier alpha value is -2.76. The van der Waals surface area contributed by atoms with Gasteiger partial charge in [-0.25, -0.2) is 14.8 Å². The van der Waals surface area contributed by atoms with Crippen LogP contribution in [-0.2, 0) is 6.42 Å². The molecule has 1 unspecified atom stereocenters. The smallest absolute Gasteiger partial charge is 0.356 e. The summed E-state index contributed by atoms with van der Waals surface area (Å²) in [7, 11) is 0. The largest absolute Gasteiger partial charge is 0.476 e. The van der Waals surface area contributed by atoms with Crippen LogP contribution in [-0.4, -0.2) is 27.0 Å². The van der Waals surface area contributed by atoms with Gasteiger partial charge in [-0.15, -0.1) is 0 Å². The zero-order valence-corrected chi connectivity index (χ0v) is 11.8. The summed E-state index contributed by atoms with van der Waals surface area (Å²) in [6.45, 7) is 0. The Morgan fingerprint density at radius 2 is 1.86 bits per heavy atom.